The highest BCUT2D eigenvalue weighted by atomic mass is 32.2. The zero-order chi connectivity index (χ0) is 16.2. The molecular formula is C18H26O3S. The minimum atomic E-state index is -0.901. The number of ether oxygens (including phenoxy) is 1. The van der Waals surface area contributed by atoms with Crippen LogP contribution in [0, 0.1) is 5.41 Å². The molecule has 1 aromatic rings. The first-order valence-corrected chi connectivity index (χ1v) is 8.83. The Hall–Kier alpha value is -1.00. The summed E-state index contributed by atoms with van der Waals surface area (Å²) >= 11 is 1.71. The number of benzene rings is 1. The number of esters is 1. The van der Waals surface area contributed by atoms with Crippen LogP contribution in [0.15, 0.2) is 35.2 Å². The lowest BCUT2D eigenvalue weighted by atomic mass is 9.78. The predicted octanol–water partition coefficient (Wildman–Crippen LogP) is 4.04. The Morgan fingerprint density at radius 3 is 2.45 bits per heavy atom. The summed E-state index contributed by atoms with van der Waals surface area (Å²) in [5.41, 5.74) is -0.901. The molecule has 3 nitrogen and oxygen atoms in total. The molecule has 1 aromatic carbocycles. The lowest BCUT2D eigenvalue weighted by Gasteiger charge is -2.41. The fourth-order valence-electron chi connectivity index (χ4n) is 3.21. The van der Waals surface area contributed by atoms with E-state index in [0.29, 0.717) is 6.61 Å². The maximum atomic E-state index is 12.3. The highest BCUT2D eigenvalue weighted by Gasteiger charge is 2.51. The summed E-state index contributed by atoms with van der Waals surface area (Å²) in [6.45, 7) is 5.72. The maximum absolute atomic E-state index is 12.3. The number of thioether (sulfide) groups is 1. The largest absolute Gasteiger partial charge is 0.466 e. The van der Waals surface area contributed by atoms with Crippen molar-refractivity contribution in [3.05, 3.63) is 30.3 Å². The Labute approximate surface area is 137 Å². The molecule has 1 unspecified atom stereocenters. The lowest BCUT2D eigenvalue weighted by molar-refractivity contribution is -0.161. The Balaban J connectivity index is 2.25. The van der Waals surface area contributed by atoms with E-state index in [1.165, 1.54) is 0 Å². The van der Waals surface area contributed by atoms with Crippen LogP contribution in [0.4, 0.5) is 0 Å². The second-order valence-corrected chi connectivity index (χ2v) is 8.02. The Morgan fingerprint density at radius 1 is 1.32 bits per heavy atom. The molecule has 2 rings (SSSR count). The number of hydrogen-bond donors (Lipinski definition) is 1. The smallest absolute Gasteiger partial charge is 0.314 e. The molecule has 0 saturated heterocycles. The summed E-state index contributed by atoms with van der Waals surface area (Å²) in [6, 6.07) is 10.1. The van der Waals surface area contributed by atoms with E-state index in [4.69, 9.17) is 4.74 Å². The van der Waals surface area contributed by atoms with Crippen LogP contribution < -0.4 is 0 Å². The van der Waals surface area contributed by atoms with E-state index in [1.807, 2.05) is 18.2 Å². The van der Waals surface area contributed by atoms with Gasteiger partial charge in [-0.25, -0.2) is 0 Å². The summed E-state index contributed by atoms with van der Waals surface area (Å²) in [5, 5.41) is 11.1. The van der Waals surface area contributed by atoms with Crippen molar-refractivity contribution in [3.63, 3.8) is 0 Å². The van der Waals surface area contributed by atoms with Crippen LogP contribution in [0.2, 0.25) is 0 Å². The molecule has 4 heteroatoms. The molecule has 0 spiro atoms. The van der Waals surface area contributed by atoms with E-state index in [1.54, 1.807) is 32.5 Å². The summed E-state index contributed by atoms with van der Waals surface area (Å²) in [4.78, 5) is 13.4. The molecule has 0 radical (unpaired) electrons. The van der Waals surface area contributed by atoms with Gasteiger partial charge in [-0.05, 0) is 45.7 Å². The van der Waals surface area contributed by atoms with E-state index in [2.05, 4.69) is 12.1 Å². The molecule has 122 valence electrons. The second kappa shape index (κ2) is 7.05. The maximum Gasteiger partial charge on any atom is 0.314 e. The van der Waals surface area contributed by atoms with Gasteiger partial charge in [0.15, 0.2) is 0 Å². The number of aliphatic hydroxyl groups excluding tert-OH is 1. The molecule has 1 atom stereocenters. The third-order valence-corrected chi connectivity index (χ3v) is 6.04. The van der Waals surface area contributed by atoms with Crippen LogP contribution >= 0.6 is 11.8 Å². The van der Waals surface area contributed by atoms with Gasteiger partial charge in [-0.3, -0.25) is 4.79 Å². The third kappa shape index (κ3) is 3.49. The zero-order valence-electron chi connectivity index (χ0n) is 13.7. The first kappa shape index (κ1) is 17.4. The van der Waals surface area contributed by atoms with Gasteiger partial charge in [0.2, 0.25) is 0 Å². The van der Waals surface area contributed by atoms with Crippen LogP contribution in [-0.2, 0) is 9.53 Å². The van der Waals surface area contributed by atoms with Crippen molar-refractivity contribution < 1.29 is 14.6 Å². The molecule has 0 heterocycles. The molecule has 0 aromatic heterocycles. The number of rotatable bonds is 6. The molecule has 1 aliphatic rings. The lowest BCUT2D eigenvalue weighted by Crippen LogP contribution is -2.50. The van der Waals surface area contributed by atoms with Gasteiger partial charge in [0.05, 0.1) is 18.1 Å². The van der Waals surface area contributed by atoms with Gasteiger partial charge in [0, 0.05) is 9.64 Å². The standard InChI is InChI=1S/C18H26O3S/c1-4-21-16(20)17(2,3)15(19)18(12-8-9-13-18)22-14-10-6-5-7-11-14/h5-7,10-11,15,19H,4,8-9,12-13H2,1-3H3. The Bertz CT molecular complexity index is 492. The van der Waals surface area contributed by atoms with Gasteiger partial charge in [0.1, 0.15) is 0 Å². The average Bonchev–Trinajstić information content (AvgIpc) is 2.97. The first-order chi connectivity index (χ1) is 10.4. The van der Waals surface area contributed by atoms with Crippen molar-refractivity contribution >= 4 is 17.7 Å². The van der Waals surface area contributed by atoms with Gasteiger partial charge in [-0.15, -0.1) is 11.8 Å². The van der Waals surface area contributed by atoms with E-state index in [-0.39, 0.29) is 10.7 Å². The number of carbonyl (C=O) groups is 1. The average molecular weight is 322 g/mol. The van der Waals surface area contributed by atoms with Gasteiger partial charge in [-0.1, -0.05) is 31.0 Å². The van der Waals surface area contributed by atoms with Crippen LogP contribution in [0.5, 0.6) is 0 Å². The molecule has 22 heavy (non-hydrogen) atoms. The van der Waals surface area contributed by atoms with Crippen molar-refractivity contribution in [3.8, 4) is 0 Å². The van der Waals surface area contributed by atoms with Crippen molar-refractivity contribution in [1.82, 2.24) is 0 Å². The quantitative estimate of drug-likeness (QED) is 0.803. The molecule has 0 bridgehead atoms. The molecule has 1 saturated carbocycles. The Kier molecular flexibility index (Phi) is 5.56. The van der Waals surface area contributed by atoms with Crippen molar-refractivity contribution in [2.75, 3.05) is 6.61 Å². The molecule has 0 aliphatic heterocycles. The minimum Gasteiger partial charge on any atom is -0.466 e. The third-order valence-electron chi connectivity index (χ3n) is 4.50. The first-order valence-electron chi connectivity index (χ1n) is 8.02. The molecule has 1 aliphatic carbocycles. The SMILES string of the molecule is CCOC(=O)C(C)(C)C(O)C1(Sc2ccccc2)CCCC1. The van der Waals surface area contributed by atoms with E-state index in [9.17, 15) is 9.90 Å². The summed E-state index contributed by atoms with van der Waals surface area (Å²) < 4.78 is 4.87. The van der Waals surface area contributed by atoms with Gasteiger partial charge in [0.25, 0.3) is 0 Å². The van der Waals surface area contributed by atoms with Crippen LogP contribution in [0.1, 0.15) is 46.5 Å². The highest BCUT2D eigenvalue weighted by molar-refractivity contribution is 8.00. The van der Waals surface area contributed by atoms with E-state index >= 15 is 0 Å². The zero-order valence-corrected chi connectivity index (χ0v) is 14.5. The number of carbonyl (C=O) groups excluding carboxylic acids is 1. The summed E-state index contributed by atoms with van der Waals surface area (Å²) in [7, 11) is 0. The summed E-state index contributed by atoms with van der Waals surface area (Å²) in [5.74, 6) is -0.317. The van der Waals surface area contributed by atoms with Crippen molar-refractivity contribution in [1.29, 1.82) is 0 Å². The minimum absolute atomic E-state index is 0.308. The van der Waals surface area contributed by atoms with Gasteiger partial charge in [-0.2, -0.15) is 0 Å². The monoisotopic (exact) mass is 322 g/mol. The van der Waals surface area contributed by atoms with Crippen LogP contribution in [0.3, 0.4) is 0 Å². The molecular weight excluding hydrogens is 296 g/mol. The van der Waals surface area contributed by atoms with Crippen LogP contribution in [-0.4, -0.2) is 28.5 Å². The second-order valence-electron chi connectivity index (χ2n) is 6.53. The summed E-state index contributed by atoms with van der Waals surface area (Å²) in [6.07, 6.45) is 3.31. The molecule has 1 N–H and O–H groups in total. The number of hydrogen-bond acceptors (Lipinski definition) is 4. The van der Waals surface area contributed by atoms with Crippen LogP contribution in [0.25, 0.3) is 0 Å². The van der Waals surface area contributed by atoms with Gasteiger partial charge < -0.3 is 9.84 Å². The molecule has 0 amide bonds. The van der Waals surface area contributed by atoms with E-state index in [0.717, 1.165) is 30.6 Å². The fraction of sp³-hybridized carbons (Fsp3) is 0.611. The van der Waals surface area contributed by atoms with Crippen molar-refractivity contribution in [2.45, 2.75) is 62.2 Å². The fourth-order valence-corrected chi connectivity index (χ4v) is 4.88. The topological polar surface area (TPSA) is 46.5 Å². The highest BCUT2D eigenvalue weighted by Crippen LogP contribution is 2.51. The van der Waals surface area contributed by atoms with Gasteiger partial charge >= 0.3 is 5.97 Å². The van der Waals surface area contributed by atoms with Crippen molar-refractivity contribution in [2.24, 2.45) is 5.41 Å². The van der Waals surface area contributed by atoms with E-state index < -0.39 is 11.5 Å². The normalized spacial score (nSPS) is 18.9. The predicted molar refractivity (Wildman–Crippen MR) is 89.9 cm³/mol. The number of aliphatic hydroxyl groups is 1. The molecule has 1 fully saturated rings. The Morgan fingerprint density at radius 2 is 1.91 bits per heavy atom.